The Morgan fingerprint density at radius 2 is 2.00 bits per heavy atom. The van der Waals surface area contributed by atoms with Gasteiger partial charge in [0.1, 0.15) is 11.5 Å². The lowest BCUT2D eigenvalue weighted by molar-refractivity contribution is -0.123. The van der Waals surface area contributed by atoms with Crippen molar-refractivity contribution in [3.8, 4) is 11.5 Å². The van der Waals surface area contributed by atoms with Crippen molar-refractivity contribution >= 4 is 5.91 Å². The summed E-state index contributed by atoms with van der Waals surface area (Å²) in [7, 11) is 1.60. The van der Waals surface area contributed by atoms with Gasteiger partial charge in [0.05, 0.1) is 7.11 Å². The Balaban J connectivity index is 1.50. The molecular weight excluding hydrogens is 364 g/mol. The average Bonchev–Trinajstić information content (AvgIpc) is 2.75. The zero-order valence-corrected chi connectivity index (χ0v) is 17.4. The molecule has 2 unspecified atom stereocenters. The first kappa shape index (κ1) is 21.2. The van der Waals surface area contributed by atoms with E-state index in [-0.39, 0.29) is 11.7 Å². The average molecular weight is 397 g/mol. The highest BCUT2D eigenvalue weighted by Crippen LogP contribution is 2.31. The van der Waals surface area contributed by atoms with E-state index in [9.17, 15) is 9.90 Å². The summed E-state index contributed by atoms with van der Waals surface area (Å²) >= 11 is 0. The maximum Gasteiger partial charge on any atom is 0.220 e. The minimum absolute atomic E-state index is 0.138. The number of ether oxygens (including phenoxy) is 1. The number of phenolic OH excluding ortho intramolecular Hbond substituents is 1. The number of carbonyl (C=O) groups excluding carboxylic acids is 1. The molecule has 1 amide bonds. The quantitative estimate of drug-likeness (QED) is 0.709. The van der Waals surface area contributed by atoms with Gasteiger partial charge in [-0.05, 0) is 36.4 Å². The number of carbonyl (C=O) groups is 1. The van der Waals surface area contributed by atoms with Crippen molar-refractivity contribution in [2.75, 3.05) is 20.2 Å². The molecule has 1 heterocycles. The van der Waals surface area contributed by atoms with Crippen molar-refractivity contribution in [3.05, 3.63) is 59.7 Å². The molecule has 0 bridgehead atoms. The van der Waals surface area contributed by atoms with Gasteiger partial charge in [-0.3, -0.25) is 9.69 Å². The Labute approximate surface area is 173 Å². The van der Waals surface area contributed by atoms with Crippen LogP contribution < -0.4 is 10.1 Å². The number of hydrogen-bond acceptors (Lipinski definition) is 4. The first-order chi connectivity index (χ1) is 14.1. The summed E-state index contributed by atoms with van der Waals surface area (Å²) in [6.07, 6.45) is 2.66. The van der Waals surface area contributed by atoms with Crippen LogP contribution in [0.4, 0.5) is 0 Å². The number of amides is 1. The van der Waals surface area contributed by atoms with Gasteiger partial charge in [-0.1, -0.05) is 49.7 Å². The van der Waals surface area contributed by atoms with E-state index in [1.165, 1.54) is 0 Å². The van der Waals surface area contributed by atoms with Crippen molar-refractivity contribution in [2.45, 2.75) is 39.3 Å². The number of aromatic hydroxyl groups is 1. The Kier molecular flexibility index (Phi) is 7.53. The summed E-state index contributed by atoms with van der Waals surface area (Å²) < 4.78 is 5.16. The van der Waals surface area contributed by atoms with Gasteiger partial charge in [0.15, 0.2) is 0 Å². The second-order valence-corrected chi connectivity index (χ2v) is 7.91. The van der Waals surface area contributed by atoms with E-state index < -0.39 is 0 Å². The SMILES string of the molecule is CCC1CN(Cc2ccc(OC)cc2O)CCC1CC(=O)NCc1ccccc1. The number of nitrogens with one attached hydrogen (secondary N) is 1. The van der Waals surface area contributed by atoms with Crippen LogP contribution >= 0.6 is 0 Å². The third-order valence-electron chi connectivity index (χ3n) is 5.97. The monoisotopic (exact) mass is 396 g/mol. The van der Waals surface area contributed by atoms with Crippen LogP contribution in [0.25, 0.3) is 0 Å². The highest BCUT2D eigenvalue weighted by molar-refractivity contribution is 5.76. The van der Waals surface area contributed by atoms with E-state index in [0.29, 0.717) is 30.6 Å². The molecule has 5 heteroatoms. The van der Waals surface area contributed by atoms with Crippen LogP contribution in [0.15, 0.2) is 48.5 Å². The van der Waals surface area contributed by atoms with E-state index in [1.54, 1.807) is 13.2 Å². The van der Waals surface area contributed by atoms with Crippen LogP contribution in [0.1, 0.15) is 37.3 Å². The smallest absolute Gasteiger partial charge is 0.220 e. The number of nitrogens with zero attached hydrogens (tertiary/aromatic N) is 1. The molecule has 156 valence electrons. The van der Waals surface area contributed by atoms with Crippen LogP contribution in [0.3, 0.4) is 0 Å². The van der Waals surface area contributed by atoms with E-state index >= 15 is 0 Å². The van der Waals surface area contributed by atoms with Gasteiger partial charge in [-0.25, -0.2) is 0 Å². The van der Waals surface area contributed by atoms with Crippen molar-refractivity contribution in [2.24, 2.45) is 11.8 Å². The number of benzene rings is 2. The molecule has 0 radical (unpaired) electrons. The molecule has 29 heavy (non-hydrogen) atoms. The second-order valence-electron chi connectivity index (χ2n) is 7.91. The molecule has 2 aromatic rings. The first-order valence-electron chi connectivity index (χ1n) is 10.5. The summed E-state index contributed by atoms with van der Waals surface area (Å²) in [6.45, 7) is 5.41. The summed E-state index contributed by atoms with van der Waals surface area (Å²) in [6, 6.07) is 15.5. The second kappa shape index (κ2) is 10.3. The number of methoxy groups -OCH3 is 1. The lowest BCUT2D eigenvalue weighted by atomic mass is 9.81. The van der Waals surface area contributed by atoms with E-state index in [2.05, 4.69) is 17.1 Å². The first-order valence-corrected chi connectivity index (χ1v) is 10.5. The minimum atomic E-state index is 0.138. The highest BCUT2D eigenvalue weighted by atomic mass is 16.5. The Bertz CT molecular complexity index is 794. The van der Waals surface area contributed by atoms with Crippen LogP contribution in [0, 0.1) is 11.8 Å². The molecule has 1 aliphatic rings. The van der Waals surface area contributed by atoms with E-state index in [0.717, 1.165) is 43.6 Å². The predicted molar refractivity (Wildman–Crippen MR) is 115 cm³/mol. The van der Waals surface area contributed by atoms with Gasteiger partial charge in [0, 0.05) is 37.7 Å². The molecule has 1 saturated heterocycles. The molecule has 3 rings (SSSR count). The Hall–Kier alpha value is -2.53. The van der Waals surface area contributed by atoms with Gasteiger partial charge in [-0.2, -0.15) is 0 Å². The Morgan fingerprint density at radius 1 is 1.21 bits per heavy atom. The number of rotatable bonds is 8. The van der Waals surface area contributed by atoms with Crippen molar-refractivity contribution in [1.82, 2.24) is 10.2 Å². The van der Waals surface area contributed by atoms with Crippen LogP contribution in [-0.4, -0.2) is 36.1 Å². The molecule has 0 spiro atoms. The molecule has 2 N–H and O–H groups in total. The van der Waals surface area contributed by atoms with Crippen LogP contribution in [0.2, 0.25) is 0 Å². The topological polar surface area (TPSA) is 61.8 Å². The van der Waals surface area contributed by atoms with Crippen molar-refractivity contribution in [1.29, 1.82) is 0 Å². The number of piperidine rings is 1. The van der Waals surface area contributed by atoms with E-state index in [4.69, 9.17) is 4.74 Å². The lowest BCUT2D eigenvalue weighted by Crippen LogP contribution is -2.41. The molecule has 0 aliphatic carbocycles. The molecule has 1 aliphatic heterocycles. The third-order valence-corrected chi connectivity index (χ3v) is 5.97. The number of hydrogen-bond donors (Lipinski definition) is 2. The van der Waals surface area contributed by atoms with Crippen LogP contribution in [-0.2, 0) is 17.9 Å². The zero-order valence-electron chi connectivity index (χ0n) is 17.4. The van der Waals surface area contributed by atoms with E-state index in [1.807, 2.05) is 42.5 Å². The fraction of sp³-hybridized carbons (Fsp3) is 0.458. The molecule has 2 atom stereocenters. The summed E-state index contributed by atoms with van der Waals surface area (Å²) in [5.74, 6) is 1.99. The van der Waals surface area contributed by atoms with Gasteiger partial charge in [0.2, 0.25) is 5.91 Å². The van der Waals surface area contributed by atoms with Gasteiger partial charge in [-0.15, -0.1) is 0 Å². The molecule has 2 aromatic carbocycles. The van der Waals surface area contributed by atoms with Gasteiger partial charge < -0.3 is 15.2 Å². The lowest BCUT2D eigenvalue weighted by Gasteiger charge is -2.38. The third kappa shape index (κ3) is 5.97. The number of likely N-dealkylation sites (tertiary alicyclic amines) is 1. The van der Waals surface area contributed by atoms with Crippen molar-refractivity contribution < 1.29 is 14.6 Å². The maximum atomic E-state index is 12.5. The van der Waals surface area contributed by atoms with Gasteiger partial charge >= 0.3 is 0 Å². The largest absolute Gasteiger partial charge is 0.507 e. The fourth-order valence-corrected chi connectivity index (χ4v) is 4.18. The van der Waals surface area contributed by atoms with Crippen molar-refractivity contribution in [3.63, 3.8) is 0 Å². The Morgan fingerprint density at radius 3 is 2.69 bits per heavy atom. The minimum Gasteiger partial charge on any atom is -0.507 e. The number of phenols is 1. The summed E-state index contributed by atoms with van der Waals surface area (Å²) in [5, 5.41) is 13.3. The highest BCUT2D eigenvalue weighted by Gasteiger charge is 2.29. The van der Waals surface area contributed by atoms with Crippen LogP contribution in [0.5, 0.6) is 11.5 Å². The molecule has 1 fully saturated rings. The predicted octanol–water partition coefficient (Wildman–Crippen LogP) is 3.96. The molecule has 5 nitrogen and oxygen atoms in total. The molecule has 0 aromatic heterocycles. The molecule has 0 saturated carbocycles. The summed E-state index contributed by atoms with van der Waals surface area (Å²) in [5.41, 5.74) is 2.04. The maximum absolute atomic E-state index is 12.5. The molecular formula is C24H32N2O3. The van der Waals surface area contributed by atoms with Gasteiger partial charge in [0.25, 0.3) is 0 Å². The normalized spacial score (nSPS) is 19.7. The fourth-order valence-electron chi connectivity index (χ4n) is 4.18. The zero-order chi connectivity index (χ0) is 20.6. The standard InChI is InChI=1S/C24H32N2O3/c1-3-19-16-26(17-21-9-10-22(29-2)14-23(21)27)12-11-20(19)13-24(28)25-15-18-7-5-4-6-8-18/h4-10,14,19-20,27H,3,11-13,15-17H2,1-2H3,(H,25,28). The summed E-state index contributed by atoms with van der Waals surface area (Å²) in [4.78, 5) is 14.8.